The van der Waals surface area contributed by atoms with E-state index in [1.165, 1.54) is 0 Å². The first-order chi connectivity index (χ1) is 15.6. The van der Waals surface area contributed by atoms with Gasteiger partial charge in [0.15, 0.2) is 0 Å². The number of carbonyl (C=O) groups excluding carboxylic acids is 1. The van der Waals surface area contributed by atoms with Gasteiger partial charge in [0.1, 0.15) is 5.69 Å². The number of amides is 1. The van der Waals surface area contributed by atoms with Crippen LogP contribution < -0.4 is 0 Å². The number of hydrogen-bond donors (Lipinski definition) is 1. The van der Waals surface area contributed by atoms with E-state index in [1.54, 1.807) is 6.07 Å². The lowest BCUT2D eigenvalue weighted by atomic mass is 9.96. The fourth-order valence-corrected chi connectivity index (χ4v) is 5.09. The third-order valence-electron chi connectivity index (χ3n) is 6.15. The Morgan fingerprint density at radius 2 is 1.84 bits per heavy atom. The summed E-state index contributed by atoms with van der Waals surface area (Å²) < 4.78 is 5.44. The summed E-state index contributed by atoms with van der Waals surface area (Å²) in [5.41, 5.74) is 4.00. The number of halogens is 2. The number of aromatic nitrogens is 2. The number of carbonyl (C=O) groups is 1. The first kappa shape index (κ1) is 21.5. The van der Waals surface area contributed by atoms with Crippen molar-refractivity contribution in [2.75, 3.05) is 39.4 Å². The molecule has 166 valence electrons. The molecule has 1 amide bonds. The van der Waals surface area contributed by atoms with Gasteiger partial charge in [-0.05, 0) is 24.1 Å². The summed E-state index contributed by atoms with van der Waals surface area (Å²) in [6.07, 6.45) is 0.867. The fourth-order valence-electron chi connectivity index (χ4n) is 4.58. The number of H-pyrrole nitrogens is 1. The lowest BCUT2D eigenvalue weighted by molar-refractivity contribution is 0.0354. The average molecular weight is 471 g/mol. The summed E-state index contributed by atoms with van der Waals surface area (Å²) in [7, 11) is 0. The number of aromatic amines is 1. The van der Waals surface area contributed by atoms with Gasteiger partial charge in [0.05, 0.1) is 24.9 Å². The molecule has 8 heteroatoms. The molecule has 0 radical (unpaired) electrons. The maximum Gasteiger partial charge on any atom is 0.273 e. The van der Waals surface area contributed by atoms with E-state index in [2.05, 4.69) is 15.1 Å². The zero-order valence-electron chi connectivity index (χ0n) is 17.6. The molecule has 5 rings (SSSR count). The first-order valence-electron chi connectivity index (χ1n) is 10.8. The molecule has 6 nitrogen and oxygen atoms in total. The number of benzene rings is 2. The van der Waals surface area contributed by atoms with Crippen molar-refractivity contribution in [3.63, 3.8) is 0 Å². The molecular weight excluding hydrogens is 447 g/mol. The van der Waals surface area contributed by atoms with Crippen LogP contribution in [-0.4, -0.2) is 65.3 Å². The van der Waals surface area contributed by atoms with Gasteiger partial charge >= 0.3 is 0 Å². The third-order valence-corrected chi connectivity index (χ3v) is 6.71. The minimum atomic E-state index is -0.319. The number of rotatable bonds is 6. The summed E-state index contributed by atoms with van der Waals surface area (Å²) in [5.74, 6) is -0.0484. The Bertz CT molecular complexity index is 1110. The largest absolute Gasteiger partial charge is 0.379 e. The molecule has 0 aliphatic carbocycles. The minimum Gasteiger partial charge on any atom is -0.379 e. The molecule has 1 atom stereocenters. The highest BCUT2D eigenvalue weighted by atomic mass is 35.5. The molecule has 0 saturated carbocycles. The van der Waals surface area contributed by atoms with Crippen LogP contribution >= 0.6 is 23.2 Å². The molecule has 1 N–H and O–H groups in total. The molecule has 0 bridgehead atoms. The van der Waals surface area contributed by atoms with Gasteiger partial charge in [0.25, 0.3) is 5.91 Å². The maximum atomic E-state index is 13.4. The van der Waals surface area contributed by atoms with Crippen molar-refractivity contribution in [2.45, 2.75) is 12.5 Å². The van der Waals surface area contributed by atoms with Gasteiger partial charge in [-0.3, -0.25) is 14.8 Å². The third kappa shape index (κ3) is 4.04. The van der Waals surface area contributed by atoms with E-state index in [-0.39, 0.29) is 11.9 Å². The number of fused-ring (bicyclic) bond motifs is 1. The summed E-state index contributed by atoms with van der Waals surface area (Å²) in [5, 5.41) is 8.61. The highest BCUT2D eigenvalue weighted by Gasteiger charge is 2.42. The smallest absolute Gasteiger partial charge is 0.273 e. The van der Waals surface area contributed by atoms with Crippen molar-refractivity contribution in [1.82, 2.24) is 20.0 Å². The normalized spacial score (nSPS) is 18.9. The number of morpholine rings is 1. The topological polar surface area (TPSA) is 61.5 Å². The number of ether oxygens (including phenoxy) is 1. The highest BCUT2D eigenvalue weighted by molar-refractivity contribution is 6.35. The highest BCUT2D eigenvalue weighted by Crippen LogP contribution is 2.45. The van der Waals surface area contributed by atoms with Crippen LogP contribution in [0.15, 0.2) is 48.5 Å². The molecule has 1 saturated heterocycles. The van der Waals surface area contributed by atoms with Crippen LogP contribution in [0.5, 0.6) is 0 Å². The minimum absolute atomic E-state index is 0.0484. The van der Waals surface area contributed by atoms with Gasteiger partial charge in [0, 0.05) is 47.4 Å². The molecule has 1 fully saturated rings. The van der Waals surface area contributed by atoms with Crippen molar-refractivity contribution in [1.29, 1.82) is 0 Å². The van der Waals surface area contributed by atoms with E-state index >= 15 is 0 Å². The lowest BCUT2D eigenvalue weighted by Crippen LogP contribution is -2.38. The van der Waals surface area contributed by atoms with Crippen LogP contribution in [-0.2, 0) is 4.74 Å². The Morgan fingerprint density at radius 3 is 2.59 bits per heavy atom. The van der Waals surface area contributed by atoms with Crippen molar-refractivity contribution < 1.29 is 9.53 Å². The number of nitrogens with one attached hydrogen (secondary N) is 1. The van der Waals surface area contributed by atoms with Crippen molar-refractivity contribution in [3.8, 4) is 11.3 Å². The van der Waals surface area contributed by atoms with Crippen molar-refractivity contribution in [3.05, 3.63) is 75.4 Å². The summed E-state index contributed by atoms with van der Waals surface area (Å²) in [6, 6.07) is 15.1. The van der Waals surface area contributed by atoms with Gasteiger partial charge in [-0.25, -0.2) is 0 Å². The summed E-state index contributed by atoms with van der Waals surface area (Å²) in [6.45, 7) is 4.94. The maximum absolute atomic E-state index is 13.4. The van der Waals surface area contributed by atoms with Crippen LogP contribution in [0.3, 0.4) is 0 Å². The number of hydrogen-bond acceptors (Lipinski definition) is 4. The Balaban J connectivity index is 1.49. The van der Waals surface area contributed by atoms with Crippen LogP contribution in [0.2, 0.25) is 10.0 Å². The van der Waals surface area contributed by atoms with E-state index in [4.69, 9.17) is 27.9 Å². The predicted octanol–water partition coefficient (Wildman–Crippen LogP) is 4.65. The van der Waals surface area contributed by atoms with Gasteiger partial charge in [-0.15, -0.1) is 0 Å². The second-order valence-corrected chi connectivity index (χ2v) is 8.95. The van der Waals surface area contributed by atoms with Crippen LogP contribution in [0.1, 0.15) is 34.1 Å². The fraction of sp³-hybridized carbons (Fsp3) is 0.333. The van der Waals surface area contributed by atoms with E-state index in [9.17, 15) is 4.79 Å². The molecule has 1 aromatic heterocycles. The molecule has 3 heterocycles. The van der Waals surface area contributed by atoms with Gasteiger partial charge < -0.3 is 9.64 Å². The van der Waals surface area contributed by atoms with E-state index < -0.39 is 0 Å². The Kier molecular flexibility index (Phi) is 6.20. The summed E-state index contributed by atoms with van der Waals surface area (Å²) in [4.78, 5) is 17.7. The lowest BCUT2D eigenvalue weighted by Gasteiger charge is -2.30. The second-order valence-electron chi connectivity index (χ2n) is 8.10. The van der Waals surface area contributed by atoms with Crippen LogP contribution in [0.25, 0.3) is 11.3 Å². The Morgan fingerprint density at radius 1 is 1.06 bits per heavy atom. The Hall–Kier alpha value is -2.38. The quantitative estimate of drug-likeness (QED) is 0.569. The van der Waals surface area contributed by atoms with Crippen molar-refractivity contribution >= 4 is 29.1 Å². The van der Waals surface area contributed by atoms with Gasteiger partial charge in [0.2, 0.25) is 0 Å². The molecule has 32 heavy (non-hydrogen) atoms. The van der Waals surface area contributed by atoms with Crippen molar-refractivity contribution in [2.24, 2.45) is 0 Å². The zero-order chi connectivity index (χ0) is 22.1. The molecule has 2 aromatic carbocycles. The van der Waals surface area contributed by atoms with E-state index in [1.807, 2.05) is 47.4 Å². The SMILES string of the molecule is O=C1c2[nH]nc(-c3ccccc3)c2C(c2ccc(Cl)cc2Cl)N1CCCN1CCOCC1. The molecule has 2 aliphatic rings. The van der Waals surface area contributed by atoms with Crippen LogP contribution in [0, 0.1) is 0 Å². The average Bonchev–Trinajstić information content (AvgIpc) is 3.35. The summed E-state index contributed by atoms with van der Waals surface area (Å²) >= 11 is 12.8. The standard InChI is InChI=1S/C24H24Cl2N4O2/c25-17-7-8-18(19(26)15-17)23-20-21(16-5-2-1-3-6-16)27-28-22(20)24(31)30(23)10-4-9-29-11-13-32-14-12-29/h1-3,5-8,15,23H,4,9-14H2,(H,27,28). The zero-order valence-corrected chi connectivity index (χ0v) is 19.1. The van der Waals surface area contributed by atoms with Gasteiger partial charge in [-0.1, -0.05) is 59.6 Å². The monoisotopic (exact) mass is 470 g/mol. The Labute approximate surface area is 197 Å². The molecular formula is C24H24Cl2N4O2. The second kappa shape index (κ2) is 9.24. The molecule has 3 aromatic rings. The van der Waals surface area contributed by atoms with Crippen LogP contribution in [0.4, 0.5) is 0 Å². The van der Waals surface area contributed by atoms with E-state index in [0.717, 1.165) is 61.7 Å². The predicted molar refractivity (Wildman–Crippen MR) is 125 cm³/mol. The number of nitrogens with zero attached hydrogens (tertiary/aromatic N) is 3. The molecule has 1 unspecified atom stereocenters. The molecule has 0 spiro atoms. The molecule has 2 aliphatic heterocycles. The van der Waals surface area contributed by atoms with Gasteiger partial charge in [-0.2, -0.15) is 5.10 Å². The van der Waals surface area contributed by atoms with E-state index in [0.29, 0.717) is 22.3 Å². The first-order valence-corrected chi connectivity index (χ1v) is 11.6.